The molecular weight excluding hydrogens is 304 g/mol. The molecule has 2 aromatic rings. The van der Waals surface area contributed by atoms with Crippen LogP contribution in [0.2, 0.25) is 0 Å². The number of amides is 1. The normalized spacial score (nSPS) is 26.3. The molecule has 2 aromatic carbocycles. The molecule has 0 aliphatic carbocycles. The second-order valence-corrected chi connectivity index (χ2v) is 7.59. The first kappa shape index (κ1) is 14.8. The van der Waals surface area contributed by atoms with E-state index < -0.39 is 0 Å². The molecule has 3 nitrogen and oxygen atoms in total. The molecule has 1 unspecified atom stereocenters. The van der Waals surface area contributed by atoms with Gasteiger partial charge in [0, 0.05) is 29.9 Å². The summed E-state index contributed by atoms with van der Waals surface area (Å²) < 4.78 is 0. The summed E-state index contributed by atoms with van der Waals surface area (Å²) in [5.41, 5.74) is 8.85. The van der Waals surface area contributed by atoms with Gasteiger partial charge in [0.1, 0.15) is 0 Å². The van der Waals surface area contributed by atoms with Gasteiger partial charge in [-0.3, -0.25) is 4.79 Å². The third-order valence-corrected chi connectivity index (χ3v) is 6.13. The average Bonchev–Trinajstić information content (AvgIpc) is 3.18. The van der Waals surface area contributed by atoms with Gasteiger partial charge in [-0.1, -0.05) is 48.5 Å². The molecule has 1 amide bonds. The second kappa shape index (κ2) is 6.02. The molecule has 0 saturated carbocycles. The zero-order valence-electron chi connectivity index (χ0n) is 12.9. The Hall–Kier alpha value is -1.78. The number of thioether (sulfide) groups is 1. The minimum absolute atomic E-state index is 0.00845. The molecule has 23 heavy (non-hydrogen) atoms. The minimum atomic E-state index is 0.00845. The molecule has 2 N–H and O–H groups in total. The Morgan fingerprint density at radius 3 is 2.57 bits per heavy atom. The predicted octanol–water partition coefficient (Wildman–Crippen LogP) is 2.66. The van der Waals surface area contributed by atoms with E-state index in [1.807, 2.05) is 35.2 Å². The van der Waals surface area contributed by atoms with Crippen LogP contribution in [0.15, 0.2) is 59.5 Å². The fourth-order valence-electron chi connectivity index (χ4n) is 3.59. The molecule has 2 aliphatic heterocycles. The van der Waals surface area contributed by atoms with Crippen LogP contribution in [-0.2, 0) is 11.2 Å². The lowest BCUT2D eigenvalue weighted by molar-refractivity contribution is -0.129. The Kier molecular flexibility index (Phi) is 3.87. The van der Waals surface area contributed by atoms with E-state index in [4.69, 9.17) is 5.73 Å². The maximum atomic E-state index is 12.9. The second-order valence-electron chi connectivity index (χ2n) is 6.34. The molecule has 2 aliphatic rings. The highest BCUT2D eigenvalue weighted by molar-refractivity contribution is 8.01. The van der Waals surface area contributed by atoms with Crippen LogP contribution >= 0.6 is 11.8 Å². The zero-order valence-corrected chi connectivity index (χ0v) is 13.7. The van der Waals surface area contributed by atoms with Crippen LogP contribution in [0.3, 0.4) is 0 Å². The maximum absolute atomic E-state index is 12.9. The van der Waals surface area contributed by atoms with E-state index in [2.05, 4.69) is 24.3 Å². The van der Waals surface area contributed by atoms with Crippen LogP contribution in [-0.4, -0.2) is 35.2 Å². The number of nitrogens with two attached hydrogens (primary N) is 1. The fourth-order valence-corrected chi connectivity index (χ4v) is 4.86. The quantitative estimate of drug-likeness (QED) is 0.924. The Morgan fingerprint density at radius 1 is 1.04 bits per heavy atom. The van der Waals surface area contributed by atoms with E-state index in [0.717, 1.165) is 13.0 Å². The first-order valence-corrected chi connectivity index (χ1v) is 8.94. The van der Waals surface area contributed by atoms with Gasteiger partial charge >= 0.3 is 0 Å². The number of carbonyl (C=O) groups excluding carboxylic acids is 1. The van der Waals surface area contributed by atoms with Crippen LogP contribution in [0.4, 0.5) is 0 Å². The summed E-state index contributed by atoms with van der Waals surface area (Å²) in [5, 5.41) is 0.00845. The smallest absolute Gasteiger partial charge is 0.236 e. The summed E-state index contributed by atoms with van der Waals surface area (Å²) in [5.74, 6) is 0.481. The molecule has 0 bridgehead atoms. The fraction of sp³-hybridized carbons (Fsp3) is 0.316. The Bertz CT molecular complexity index is 693. The predicted molar refractivity (Wildman–Crippen MR) is 93.5 cm³/mol. The molecule has 1 fully saturated rings. The van der Waals surface area contributed by atoms with Gasteiger partial charge in [0.15, 0.2) is 0 Å². The number of carbonyl (C=O) groups is 1. The van der Waals surface area contributed by atoms with Crippen molar-refractivity contribution in [3.8, 4) is 0 Å². The van der Waals surface area contributed by atoms with Gasteiger partial charge < -0.3 is 10.6 Å². The summed E-state index contributed by atoms with van der Waals surface area (Å²) in [6.07, 6.45) is 0.835. The Morgan fingerprint density at radius 2 is 1.78 bits per heavy atom. The van der Waals surface area contributed by atoms with Crippen LogP contribution in [0.25, 0.3) is 0 Å². The largest absolute Gasteiger partial charge is 0.339 e. The van der Waals surface area contributed by atoms with Gasteiger partial charge in [-0.05, 0) is 23.6 Å². The van der Waals surface area contributed by atoms with E-state index in [1.54, 1.807) is 11.8 Å². The molecule has 118 valence electrons. The lowest BCUT2D eigenvalue weighted by Gasteiger charge is -2.20. The number of nitrogens with zero attached hydrogens (tertiary/aromatic N) is 1. The first-order valence-electron chi connectivity index (χ1n) is 8.06. The van der Waals surface area contributed by atoms with Crippen molar-refractivity contribution in [2.45, 2.75) is 28.5 Å². The molecule has 1 saturated heterocycles. The van der Waals surface area contributed by atoms with Gasteiger partial charge in [-0.15, -0.1) is 11.8 Å². The average molecular weight is 324 g/mol. The van der Waals surface area contributed by atoms with Crippen LogP contribution in [0.5, 0.6) is 0 Å². The van der Waals surface area contributed by atoms with Crippen LogP contribution in [0.1, 0.15) is 17.0 Å². The van der Waals surface area contributed by atoms with Gasteiger partial charge in [0.25, 0.3) is 0 Å². The summed E-state index contributed by atoms with van der Waals surface area (Å²) in [6, 6.07) is 18.6. The number of hydrogen-bond acceptors (Lipinski definition) is 3. The van der Waals surface area contributed by atoms with Crippen molar-refractivity contribution in [3.05, 3.63) is 65.7 Å². The van der Waals surface area contributed by atoms with Crippen molar-refractivity contribution in [2.24, 2.45) is 5.73 Å². The number of fused-ring (bicyclic) bond motifs is 1. The summed E-state index contributed by atoms with van der Waals surface area (Å²) in [4.78, 5) is 16.1. The third-order valence-electron chi connectivity index (χ3n) is 4.83. The van der Waals surface area contributed by atoms with Gasteiger partial charge in [-0.2, -0.15) is 0 Å². The molecule has 0 aromatic heterocycles. The van der Waals surface area contributed by atoms with Crippen molar-refractivity contribution >= 4 is 17.7 Å². The number of rotatable bonds is 2. The maximum Gasteiger partial charge on any atom is 0.236 e. The third kappa shape index (κ3) is 2.77. The van der Waals surface area contributed by atoms with Gasteiger partial charge in [-0.25, -0.2) is 0 Å². The van der Waals surface area contributed by atoms with Crippen molar-refractivity contribution in [3.63, 3.8) is 0 Å². The summed E-state index contributed by atoms with van der Waals surface area (Å²) >= 11 is 1.70. The van der Waals surface area contributed by atoms with E-state index >= 15 is 0 Å². The number of benzene rings is 2. The zero-order chi connectivity index (χ0) is 15.8. The van der Waals surface area contributed by atoms with Crippen LogP contribution < -0.4 is 5.73 Å². The van der Waals surface area contributed by atoms with Gasteiger partial charge in [0.2, 0.25) is 5.91 Å². The standard InChI is InChI=1S/C19H20N2OS/c20-16-12-21(11-15(16)13-6-2-1-3-7-13)19(22)18-10-14-8-4-5-9-17(14)23-18/h1-9,15-16,18H,10-12,20H2/t15-,16+,18?/m0/s1. The van der Waals surface area contributed by atoms with Crippen molar-refractivity contribution in [1.29, 1.82) is 0 Å². The topological polar surface area (TPSA) is 46.3 Å². The van der Waals surface area contributed by atoms with Gasteiger partial charge in [0.05, 0.1) is 5.25 Å². The molecule has 3 atom stereocenters. The van der Waals surface area contributed by atoms with E-state index in [1.165, 1.54) is 16.0 Å². The van der Waals surface area contributed by atoms with Crippen molar-refractivity contribution < 1.29 is 4.79 Å². The van der Waals surface area contributed by atoms with Crippen molar-refractivity contribution in [2.75, 3.05) is 13.1 Å². The monoisotopic (exact) mass is 324 g/mol. The lowest BCUT2D eigenvalue weighted by atomic mass is 9.95. The molecule has 2 heterocycles. The van der Waals surface area contributed by atoms with E-state index in [9.17, 15) is 4.79 Å². The molecule has 4 rings (SSSR count). The Labute approximate surface area is 140 Å². The molecule has 0 spiro atoms. The highest BCUT2D eigenvalue weighted by atomic mass is 32.2. The van der Waals surface area contributed by atoms with E-state index in [-0.39, 0.29) is 23.1 Å². The molecule has 0 radical (unpaired) electrons. The molecule has 4 heteroatoms. The molecular formula is C19H20N2OS. The SMILES string of the molecule is N[C@@H]1CN(C(=O)C2Cc3ccccc3S2)C[C@H]1c1ccccc1. The van der Waals surface area contributed by atoms with Crippen molar-refractivity contribution in [1.82, 2.24) is 4.90 Å². The first-order chi connectivity index (χ1) is 11.2. The van der Waals surface area contributed by atoms with Crippen LogP contribution in [0, 0.1) is 0 Å². The lowest BCUT2D eigenvalue weighted by Crippen LogP contribution is -2.37. The summed E-state index contributed by atoms with van der Waals surface area (Å²) in [7, 11) is 0. The Balaban J connectivity index is 1.47. The van der Waals surface area contributed by atoms with E-state index in [0.29, 0.717) is 6.54 Å². The summed E-state index contributed by atoms with van der Waals surface area (Å²) in [6.45, 7) is 1.39. The highest BCUT2D eigenvalue weighted by Crippen LogP contribution is 2.38. The number of likely N-dealkylation sites (tertiary alicyclic amines) is 1. The minimum Gasteiger partial charge on any atom is -0.339 e. The highest BCUT2D eigenvalue weighted by Gasteiger charge is 2.38. The number of hydrogen-bond donors (Lipinski definition) is 1.